The lowest BCUT2D eigenvalue weighted by molar-refractivity contribution is 0.00860. The van der Waals surface area contributed by atoms with Crippen LogP contribution in [0.4, 0.5) is 0 Å². The van der Waals surface area contributed by atoms with Crippen molar-refractivity contribution in [2.75, 3.05) is 0 Å². The highest BCUT2D eigenvalue weighted by atomic mass is 16.3. The van der Waals surface area contributed by atoms with Crippen molar-refractivity contribution in [3.05, 3.63) is 86.5 Å². The van der Waals surface area contributed by atoms with Crippen LogP contribution in [0.1, 0.15) is 179 Å². The zero-order valence-electron chi connectivity index (χ0n) is 42.9. The minimum Gasteiger partial charge on any atom is -0.507 e. The summed E-state index contributed by atoms with van der Waals surface area (Å²) in [4.78, 5) is 0. The van der Waals surface area contributed by atoms with E-state index < -0.39 is 0 Å². The van der Waals surface area contributed by atoms with Gasteiger partial charge in [-0.2, -0.15) is 0 Å². The molecule has 3 N–H and O–H groups in total. The molecule has 3 aromatic rings. The fourth-order valence-electron chi connectivity index (χ4n) is 26.0. The molecule has 0 spiro atoms. The normalized spacial score (nSPS) is 50.5. The van der Waals surface area contributed by atoms with Gasteiger partial charge in [-0.3, -0.25) is 0 Å². The smallest absolute Gasteiger partial charge is 0.123 e. The lowest BCUT2D eigenvalue weighted by Crippen LogP contribution is -2.61. The predicted molar refractivity (Wildman–Crippen MR) is 272 cm³/mol. The van der Waals surface area contributed by atoms with Crippen LogP contribution in [0.15, 0.2) is 36.4 Å². The molecule has 0 radical (unpaired) electrons. The summed E-state index contributed by atoms with van der Waals surface area (Å²) >= 11 is 0. The number of phenolic OH excluding ortho intramolecular Hbond substituents is 3. The first-order valence-electron chi connectivity index (χ1n) is 29.2. The third-order valence-electron chi connectivity index (χ3n) is 26.6. The van der Waals surface area contributed by atoms with E-state index in [1.807, 2.05) is 0 Å². The Bertz CT molecular complexity index is 2470. The Hall–Kier alpha value is -2.94. The second-order valence-electron chi connectivity index (χ2n) is 28.3. The summed E-state index contributed by atoms with van der Waals surface area (Å²) in [6.45, 7) is 16.7. The maximum Gasteiger partial charge on any atom is 0.123 e. The number of benzene rings is 3. The summed E-state index contributed by atoms with van der Waals surface area (Å²) in [5.41, 5.74) is 10.2. The van der Waals surface area contributed by atoms with Gasteiger partial charge >= 0.3 is 0 Å². The van der Waals surface area contributed by atoms with E-state index in [4.69, 9.17) is 0 Å². The Balaban J connectivity index is 1.07. The van der Waals surface area contributed by atoms with E-state index in [0.717, 1.165) is 47.6 Å². The largest absolute Gasteiger partial charge is 0.507 e. The van der Waals surface area contributed by atoms with Gasteiger partial charge in [0.25, 0.3) is 0 Å². The molecule has 362 valence electrons. The minimum atomic E-state index is -0.275. The highest BCUT2D eigenvalue weighted by Gasteiger charge is 2.79. The average Bonchev–Trinajstić information content (AvgIpc) is 4.15. The quantitative estimate of drug-likeness (QED) is 0.231. The molecule has 0 aliphatic heterocycles. The van der Waals surface area contributed by atoms with E-state index in [-0.39, 0.29) is 21.7 Å². The maximum atomic E-state index is 14.9. The topological polar surface area (TPSA) is 60.7 Å². The van der Waals surface area contributed by atoms with E-state index in [1.54, 1.807) is 0 Å². The zero-order valence-corrected chi connectivity index (χ0v) is 42.9. The molecular formula is C65H84O3. The van der Waals surface area contributed by atoms with Gasteiger partial charge in [0.1, 0.15) is 17.2 Å². The summed E-state index contributed by atoms with van der Waals surface area (Å²) in [6, 6.07) is 14.7. The first-order valence-corrected chi connectivity index (χ1v) is 29.2. The molecule has 0 saturated heterocycles. The molecule has 0 aromatic heterocycles. The Labute approximate surface area is 409 Å². The summed E-state index contributed by atoms with van der Waals surface area (Å²) in [6.07, 6.45) is 23.7. The Kier molecular flexibility index (Phi) is 8.77. The lowest BCUT2D eigenvalue weighted by atomic mass is 9.41. The molecule has 3 aromatic carbocycles. The number of fused-ring (bicyclic) bond motifs is 20. The van der Waals surface area contributed by atoms with Crippen molar-refractivity contribution in [1.29, 1.82) is 0 Å². The van der Waals surface area contributed by atoms with Crippen molar-refractivity contribution in [2.24, 2.45) is 107 Å². The van der Waals surface area contributed by atoms with Crippen molar-refractivity contribution in [3.8, 4) is 17.2 Å². The number of hydrogen-bond acceptors (Lipinski definition) is 3. The standard InChI is InChI=1S/C65H84O3/c1-32-20-35(4)59(66)53(24-32)64(37(6)26-49-41-10-14-45(30-41)57(49)64)62(18-16-47-39-8-12-43(28-39)55(47)62)51-22-34(3)23-52(61(51)68)63(19-17-48-40-9-13-44(29-40)56(48)63)65(54-25-33(2)21-36(5)60(54)67)38(7)27-50-42-11-15-46(31-42)58(50)65/h20-25,37-50,55-58,66-68H,8-19,26-31H2,1-7H3. The molecule has 0 heterocycles. The van der Waals surface area contributed by atoms with Crippen LogP contribution in [0.25, 0.3) is 0 Å². The third kappa shape index (κ3) is 4.71. The van der Waals surface area contributed by atoms with Gasteiger partial charge in [-0.15, -0.1) is 0 Å². The summed E-state index contributed by atoms with van der Waals surface area (Å²) < 4.78 is 0. The predicted octanol–water partition coefficient (Wildman–Crippen LogP) is 15.0. The first-order chi connectivity index (χ1) is 32.7. The third-order valence-corrected chi connectivity index (χ3v) is 26.6. The fourth-order valence-corrected chi connectivity index (χ4v) is 26.0. The van der Waals surface area contributed by atoms with Gasteiger partial charge in [-0.25, -0.2) is 0 Å². The van der Waals surface area contributed by atoms with Crippen LogP contribution in [0, 0.1) is 141 Å². The molecule has 3 nitrogen and oxygen atoms in total. The molecule has 3 heteroatoms. The Morgan fingerprint density at radius 2 is 0.676 bits per heavy atom. The fraction of sp³-hybridized carbons (Fsp3) is 0.723. The van der Waals surface area contributed by atoms with E-state index in [9.17, 15) is 15.3 Å². The van der Waals surface area contributed by atoms with Crippen LogP contribution < -0.4 is 0 Å². The van der Waals surface area contributed by atoms with Gasteiger partial charge in [-0.1, -0.05) is 66.9 Å². The van der Waals surface area contributed by atoms with Crippen molar-refractivity contribution in [3.63, 3.8) is 0 Å². The average molecular weight is 913 g/mol. The Morgan fingerprint density at radius 3 is 1.07 bits per heavy atom. The van der Waals surface area contributed by atoms with Crippen molar-refractivity contribution in [2.45, 2.75) is 186 Å². The van der Waals surface area contributed by atoms with E-state index >= 15 is 0 Å². The van der Waals surface area contributed by atoms with Crippen LogP contribution in [0.3, 0.4) is 0 Å². The SMILES string of the molecule is Cc1cc(C2(C3(c4cc(C)cc(C)c4O)C(C)CC4C5CCC(C5)C43)CCC3C4CCC(C4)C32)c(O)c(C2(C3(c4cc(C)cc(C)c4O)C(C)CC4C5CCC(C5)C43)CCC3C4CCC(C4)C32)c1. The molecule has 12 saturated carbocycles. The van der Waals surface area contributed by atoms with Crippen LogP contribution >= 0.6 is 0 Å². The van der Waals surface area contributed by atoms with Crippen LogP contribution in [-0.4, -0.2) is 15.3 Å². The van der Waals surface area contributed by atoms with E-state index in [1.165, 1.54) is 142 Å². The van der Waals surface area contributed by atoms with Crippen LogP contribution in [-0.2, 0) is 21.7 Å². The molecule has 22 atom stereocenters. The molecule has 12 fully saturated rings. The molecule has 68 heavy (non-hydrogen) atoms. The van der Waals surface area contributed by atoms with Crippen LogP contribution in [0.5, 0.6) is 17.2 Å². The molecule has 8 bridgehead atoms. The molecule has 12 aliphatic carbocycles. The maximum absolute atomic E-state index is 14.9. The molecule has 0 amide bonds. The highest BCUT2D eigenvalue weighted by molar-refractivity contribution is 5.63. The lowest BCUT2D eigenvalue weighted by Gasteiger charge is -2.61. The molecule has 12 aliphatic rings. The van der Waals surface area contributed by atoms with Gasteiger partial charge in [0.05, 0.1) is 0 Å². The van der Waals surface area contributed by atoms with Gasteiger partial charge in [-0.05, 0) is 268 Å². The molecule has 22 unspecified atom stereocenters. The monoisotopic (exact) mass is 913 g/mol. The number of rotatable bonds is 6. The van der Waals surface area contributed by atoms with Gasteiger partial charge in [0.2, 0.25) is 0 Å². The van der Waals surface area contributed by atoms with Crippen molar-refractivity contribution >= 4 is 0 Å². The van der Waals surface area contributed by atoms with Gasteiger partial charge in [0.15, 0.2) is 0 Å². The summed E-state index contributed by atoms with van der Waals surface area (Å²) in [5, 5.41) is 41.1. The Morgan fingerprint density at radius 1 is 0.353 bits per heavy atom. The van der Waals surface area contributed by atoms with Gasteiger partial charge < -0.3 is 15.3 Å². The number of aryl methyl sites for hydroxylation is 5. The number of hydrogen-bond donors (Lipinski definition) is 3. The van der Waals surface area contributed by atoms with Crippen molar-refractivity contribution in [1.82, 2.24) is 0 Å². The summed E-state index contributed by atoms with van der Waals surface area (Å²) in [7, 11) is 0. The number of phenols is 3. The van der Waals surface area contributed by atoms with E-state index in [2.05, 4.69) is 84.9 Å². The number of aromatic hydroxyl groups is 3. The highest BCUT2D eigenvalue weighted by Crippen LogP contribution is 2.83. The van der Waals surface area contributed by atoms with Crippen molar-refractivity contribution < 1.29 is 15.3 Å². The first kappa shape index (κ1) is 42.7. The second-order valence-corrected chi connectivity index (χ2v) is 28.3. The summed E-state index contributed by atoms with van der Waals surface area (Å²) in [5.74, 6) is 13.5. The van der Waals surface area contributed by atoms with E-state index in [0.29, 0.717) is 100 Å². The zero-order chi connectivity index (χ0) is 46.3. The van der Waals surface area contributed by atoms with Gasteiger partial charge in [0, 0.05) is 43.9 Å². The minimum absolute atomic E-state index is 0.261. The molecular weight excluding hydrogens is 829 g/mol. The molecule has 15 rings (SSSR count). The van der Waals surface area contributed by atoms with Crippen LogP contribution in [0.2, 0.25) is 0 Å². The second kappa shape index (κ2) is 14.0.